The molecule has 17 heteroatoms. The predicted molar refractivity (Wildman–Crippen MR) is 641 cm³/mol. The van der Waals surface area contributed by atoms with Crippen LogP contribution < -0.4 is 28.4 Å². The van der Waals surface area contributed by atoms with E-state index in [9.17, 15) is 22.0 Å². The van der Waals surface area contributed by atoms with Gasteiger partial charge in [-0.25, -0.2) is 17.6 Å². The smallest absolute Gasteiger partial charge is 0.200 e. The van der Waals surface area contributed by atoms with Crippen LogP contribution in [0.15, 0.2) is 109 Å². The lowest BCUT2D eigenvalue weighted by Crippen LogP contribution is -2.26. The van der Waals surface area contributed by atoms with Gasteiger partial charge in [0.25, 0.3) is 0 Å². The Kier molecular flexibility index (Phi) is 7.57. The Morgan fingerprint density at radius 2 is 0.957 bits per heavy atom. The van der Waals surface area contributed by atoms with Crippen molar-refractivity contribution in [3.05, 3.63) is 177 Å². The number of unbranched alkanes of at least 4 members (excludes halogenated alkanes) is 5. The molecule has 0 radical (unpaired) electrons. The van der Waals surface area contributed by atoms with Gasteiger partial charge >= 0.3 is 0 Å². The molecule has 0 saturated carbocycles. The number of halogens is 5. The highest BCUT2D eigenvalue weighted by molar-refractivity contribution is 5.44. The molecule has 0 spiro atoms. The molecule has 786 valence electrons. The van der Waals surface area contributed by atoms with Crippen LogP contribution in [-0.2, 0) is 44.9 Å². The van der Waals surface area contributed by atoms with Crippen LogP contribution in [0.3, 0.4) is 0 Å². The Bertz CT molecular complexity index is 3160. The normalized spacial score (nSPS) is 23.5. The highest BCUT2D eigenvalue weighted by atomic mass is 19.2. The van der Waals surface area contributed by atoms with Gasteiger partial charge in [0.05, 0.1) is 39.6 Å². The standard InChI is InChI=1S/C14H20O2.C14H22O2.C13H19FO2.C12H16F2O2.2C12H17FO2.130H2/c1-2-3-5-11-6-4-7-12-8-9-13(10-15)16-14(11)12;1-11(2)8-9-13-6-4-5-7-14(13)16-12(3)10-15;1-3-4-5-11-6-7-12(14)8-13(11)16-10(2)9-15;1-2-3-4-9-5-6-10(13)11(14)12(9)16-8-7-15;1-2-3-5-10-11(13)6-4-7-12(10)15-9-8-14;1-2-3-5-10-6-4-7-11(13)12(10)15-9-8-14;;;;;;;;;;;;;;;;;;;;;;;;;;;;;;;;;;;;;;;;;;;;;;;;;;;;;;;;;;;;;;;;;;;;;;;;;;;;;;;;;;;;;;;;;;;;;;;;;;;;;;;;;;;;;;;;;;;;;;;;;;;;;;;;;;/h4,6-7,13,15H,2-3,5,8-10H2,1H3;4-7,11-12,15H,8-10H2,1-3H3;6-8,10,15H,3-5,9H2,1-2H3;5-6,15H,2-4,7-8H2,1H3;2*4,6-7,14H,2-3,5,8-9H2,1H3;130*1H/i;;;;;;128*1+2T;2*1+2. The van der Waals surface area contributed by atoms with Gasteiger partial charge < -0.3 is 59.1 Å². The van der Waals surface area contributed by atoms with Gasteiger partial charge in [0.2, 0.25) is 5.82 Å². The van der Waals surface area contributed by atoms with Gasteiger partial charge in [-0.2, -0.15) is 4.39 Å². The molecule has 6 aromatic carbocycles. The molecule has 1 heterocycles. The van der Waals surface area contributed by atoms with E-state index in [0.717, 1.165) is 125 Å². The van der Waals surface area contributed by atoms with Crippen LogP contribution in [0, 0.1) is 35.0 Å². The zero-order valence-electron chi connectivity index (χ0n) is 314. The number of aliphatic hydroxyl groups excluding tert-OH is 6. The fourth-order valence-corrected chi connectivity index (χ4v) is 9.50. The average Bonchev–Trinajstić information content (AvgIpc) is 0.812. The number of benzene rings is 6. The maximum absolute atomic E-state index is 13.5. The van der Waals surface area contributed by atoms with Crippen molar-refractivity contribution in [1.82, 2.24) is 0 Å². The summed E-state index contributed by atoms with van der Waals surface area (Å²) in [6.07, 6.45) is 18.3. The fraction of sp³-hybridized carbons (Fsp3) is 0.532. The number of fused-ring (bicyclic) bond motifs is 1. The Morgan fingerprint density at radius 1 is 0.479 bits per heavy atom. The number of aryl methyl sites for hydroxylation is 6. The third kappa shape index (κ3) is 32.8. The fourth-order valence-electron chi connectivity index (χ4n) is 9.50. The van der Waals surface area contributed by atoms with Crippen molar-refractivity contribution in [2.24, 2.45) is 5.92 Å². The summed E-state index contributed by atoms with van der Waals surface area (Å²) in [5.41, 5.74) is 6.99. The Balaban J connectivity index is -0.0000000114. The lowest BCUT2D eigenvalue weighted by atomic mass is 9.97. The molecule has 1 aliphatic rings. The van der Waals surface area contributed by atoms with E-state index in [1.807, 2.05) is 38.1 Å². The molecular formula is C77H371F5O12. The van der Waals surface area contributed by atoms with Gasteiger partial charge in [0, 0.05) is 395 Å². The summed E-state index contributed by atoms with van der Waals surface area (Å²) < 4.78 is 1380. The molecule has 12 nitrogen and oxygen atoms in total. The molecule has 0 saturated heterocycles. The van der Waals surface area contributed by atoms with Crippen molar-refractivity contribution < 1.29 is 464 Å². The Labute approximate surface area is 956 Å². The molecule has 0 bridgehead atoms. The Hall–Kier alpha value is -6.47. The first kappa shape index (κ1) is 14.0. The maximum Gasteiger partial charge on any atom is 0.200 e. The van der Waals surface area contributed by atoms with Crippen molar-refractivity contribution in [3.8, 4) is 34.5 Å². The van der Waals surface area contributed by atoms with Crippen molar-refractivity contribution in [1.29, 1.82) is 0 Å². The zero-order chi connectivity index (χ0) is 325. The molecule has 3 atom stereocenters. The molecule has 0 aromatic heterocycles. The molecular weight excluding hydrogens is 1210 g/mol. The topological polar surface area (TPSA) is 177 Å². The van der Waals surface area contributed by atoms with Crippen LogP contribution in [0.25, 0.3) is 0 Å². The van der Waals surface area contributed by atoms with E-state index in [-0.39, 0.29) is 104 Å². The van der Waals surface area contributed by atoms with E-state index in [0.29, 0.717) is 47.1 Å². The van der Waals surface area contributed by atoms with Crippen molar-refractivity contribution >= 4 is 0 Å². The van der Waals surface area contributed by atoms with Crippen LogP contribution in [0.5, 0.6) is 34.5 Å². The van der Waals surface area contributed by atoms with Gasteiger partial charge in [0.1, 0.15) is 72.8 Å². The first-order valence-corrected chi connectivity index (χ1v) is 34.0. The first-order valence-electron chi connectivity index (χ1n) is 162. The lowest BCUT2D eigenvalue weighted by Gasteiger charge is -2.26. The minimum atomic E-state index is -0.970. The Morgan fingerprint density at radius 3 is 1.55 bits per heavy atom. The summed E-state index contributed by atoms with van der Waals surface area (Å²) in [5.74, 6) is 1.20. The number of ether oxygens (including phenoxy) is 6. The second-order valence-corrected chi connectivity index (χ2v) is 23.4. The second-order valence-electron chi connectivity index (χ2n) is 23.4. The number of aliphatic hydroxyl groups is 6. The van der Waals surface area contributed by atoms with E-state index in [2.05, 4.69) is 65.8 Å². The molecule has 0 amide bonds. The second kappa shape index (κ2) is 50.9. The monoisotopic (exact) mass is 2100 g/mol. The quantitative estimate of drug-likeness (QED) is 0.0211. The molecule has 0 aliphatic carbocycles. The van der Waals surface area contributed by atoms with Crippen LogP contribution in [0.1, 0.15) is 561 Å². The summed E-state index contributed by atoms with van der Waals surface area (Å²) in [6.45, 7) is 18.6. The van der Waals surface area contributed by atoms with Crippen molar-refractivity contribution in [2.75, 3.05) is 59.5 Å². The third-order valence-corrected chi connectivity index (χ3v) is 14.8. The predicted octanol–water partition coefficient (Wildman–Crippen LogP) is 48.4. The lowest BCUT2D eigenvalue weighted by molar-refractivity contribution is 0.0967. The summed E-state index contributed by atoms with van der Waals surface area (Å²) in [4.78, 5) is 0. The van der Waals surface area contributed by atoms with E-state index in [1.165, 1.54) is 59.9 Å². The molecule has 6 aromatic rings. The van der Waals surface area contributed by atoms with Crippen molar-refractivity contribution in [3.63, 3.8) is 0 Å². The van der Waals surface area contributed by atoms with Crippen LogP contribution in [-0.4, -0.2) is 108 Å². The molecule has 3 unspecified atom stereocenters. The maximum atomic E-state index is 13.5. The summed E-state index contributed by atoms with van der Waals surface area (Å²) in [5, 5.41) is 52.9. The highest BCUT2D eigenvalue weighted by Crippen LogP contribution is 2.33. The van der Waals surface area contributed by atoms with Gasteiger partial charge in [-0.05, 0) is 179 Å². The number of hydrogen-bond donors (Lipinski definition) is 6. The number of hydrogen-bond acceptors (Lipinski definition) is 12. The van der Waals surface area contributed by atoms with Crippen LogP contribution in [0.2, 0.25) is 0 Å². The van der Waals surface area contributed by atoms with Crippen LogP contribution >= 0.6 is 0 Å². The van der Waals surface area contributed by atoms with Crippen LogP contribution in [0.4, 0.5) is 22.0 Å². The number of rotatable bonds is 34. The van der Waals surface area contributed by atoms with E-state index in [4.69, 9.17) is 439 Å². The molecule has 6 N–H and O–H groups in total. The van der Waals surface area contributed by atoms with E-state index in [1.54, 1.807) is 31.2 Å². The molecule has 7 rings (SSSR count). The minimum absolute atomic E-state index is 0. The highest BCUT2D eigenvalue weighted by Gasteiger charge is 2.22. The average molecular weight is 2100 g/mol. The minimum Gasteiger partial charge on any atom is -0.491 e. The first-order chi connectivity index (χ1) is 173. The molecule has 1 aliphatic heterocycles. The zero-order valence-corrected chi connectivity index (χ0v) is 57.5. The summed E-state index contributed by atoms with van der Waals surface area (Å²) in [7, 11) is 0. The largest absolute Gasteiger partial charge is 0.491 e. The summed E-state index contributed by atoms with van der Waals surface area (Å²) >= 11 is 0. The van der Waals surface area contributed by atoms with Gasteiger partial charge in [-0.3, -0.25) is 0 Å². The van der Waals surface area contributed by atoms with E-state index >= 15 is 0 Å². The molecule has 0 fully saturated rings. The van der Waals surface area contributed by atoms with Gasteiger partial charge in [0.15, 0.2) is 23.1 Å². The molecule has 94 heavy (non-hydrogen) atoms. The van der Waals surface area contributed by atoms with Gasteiger partial charge in [-0.15, -0.1) is 0 Å². The summed E-state index contributed by atoms with van der Waals surface area (Å²) in [6, 6.07) is 31.4. The third-order valence-electron chi connectivity index (χ3n) is 14.8. The van der Waals surface area contributed by atoms with E-state index < -0.39 is 11.6 Å². The SMILES string of the molecule is CC(C)CCc1ccccc1OC(C)CO.CCCCc1c(F)cccc1OCCO.CCCCc1ccc(F)c(F)c1OCCO.CCCCc1ccc(F)cc1OC(C)CO.CCCCc1cccc(F)c1OCCO.CCCCc1cccc2c1OC(CO)CC2.[3HH].[3HH].[3H][3H].[3H][3H].[3H][3H].[3H][3H].[3H][3H].[3H][3H].[3H][3H].[3H][3H].[3H][3H].[3H][3H].[3H][3H].[3H][3H].[3H][3H].[3H][3H].[3H][3H].[3H][3H].[3H][3H].[3H][3H].[3H][3H].[3H][3H].[3H][3H].[3H][3H].[3H][3H].[3H][3H].[3H][3H].[3H][3H].[3H][3H].[3H][3H].[3H][3H].[3H][3H].[3H][3H].[3H][3H].[3H][3H].[3H][3H].[3H][3H].[3H][3H].[3H][3H].[3H][3H].[3H][3H].[3H][3H].[3H][3H].[3H][3H].[3H][3H].[3H][3H].[3H][3H].[3H][3H].[3H][3H].[3H][3H].[3H][3H].[3H][3H].[3H][3H].[3H][3H].[3H][3H].[3H][3H].[3H][3H].[3H][3H].[3H][3H].[3H][3H].[3H][3H].[3H][3H].[3H][3H].[3H][3H].[3H][3H].[3H][3H].[3H][3H].[3H][3H].[3H][3H].[3H][3H].[3H][3H].[3H][3H].[3H][3H].[3H][3H].[3H][3H].[3H][3H].[3H][3H].[3H][3H].[3H][3H].[3H][3H].[3H][3H].[3H][3H].[3H][3H].[3H][3H].[3H][3H].[3H][3H].[3H][3H].[3H][3H].[3H][3H].[3H][3H].[3H][3H].[3H][3H].[3H][3H].[3H][3H].[3H][3H].[3H][3H].[3H][3H].[3H][3H].[3H][3H].[3H][3H].[3H][3H].[3H][3H].[3H][3H].[3H][3H].[3H][3H].[3H][3H].[3H][3H].[3H][3H].[3H][3H].[3H][3H].[3H][3H].[3H][3H].[3H][3H].[3H][3H].[3H][3H].[3H][3H].[3H][3H].[3H][3H].[3H][3H].[3H][3H].[3H][3H].[3H][3H].[3H][3H].[3H][3H].[3H][3H].[3H][3H].[3H][3H].[3H][3H].[3H][3H].[3H][3H]. The van der Waals surface area contributed by atoms with Gasteiger partial charge in [-0.1, -0.05) is 147 Å². The van der Waals surface area contributed by atoms with Crippen molar-refractivity contribution in [2.45, 2.75) is 203 Å². The number of para-hydroxylation sites is 3.